The van der Waals surface area contributed by atoms with Crippen molar-refractivity contribution >= 4 is 5.78 Å². The van der Waals surface area contributed by atoms with E-state index in [1.54, 1.807) is 7.11 Å². The van der Waals surface area contributed by atoms with Gasteiger partial charge in [0.2, 0.25) is 0 Å². The molecule has 1 saturated carbocycles. The van der Waals surface area contributed by atoms with E-state index in [1.165, 1.54) is 17.5 Å². The van der Waals surface area contributed by atoms with Crippen LogP contribution in [0.4, 0.5) is 0 Å². The first-order valence-corrected chi connectivity index (χ1v) is 6.87. The Morgan fingerprint density at radius 3 is 2.89 bits per heavy atom. The Balaban J connectivity index is 2.00. The molecular weight excluding hydrogens is 224 g/mol. The smallest absolute Gasteiger partial charge is 0.135 e. The molecule has 0 radical (unpaired) electrons. The van der Waals surface area contributed by atoms with E-state index < -0.39 is 0 Å². The van der Waals surface area contributed by atoms with Crippen molar-refractivity contribution in [3.63, 3.8) is 0 Å². The average Bonchev–Trinajstić information content (AvgIpc) is 2.38. The fraction of sp³-hybridized carbons (Fsp3) is 0.562. The third-order valence-electron chi connectivity index (χ3n) is 3.88. The summed E-state index contributed by atoms with van der Waals surface area (Å²) in [5.41, 5.74) is 2.48. The molecule has 1 aliphatic rings. The second-order valence-electron chi connectivity index (χ2n) is 5.26. The minimum atomic E-state index is 0.281. The van der Waals surface area contributed by atoms with Crippen LogP contribution in [-0.2, 0) is 11.2 Å². The molecule has 2 nitrogen and oxygen atoms in total. The van der Waals surface area contributed by atoms with E-state index in [-0.39, 0.29) is 5.92 Å². The van der Waals surface area contributed by atoms with Gasteiger partial charge in [-0.15, -0.1) is 0 Å². The molecule has 0 amide bonds. The minimum absolute atomic E-state index is 0.281. The number of hydrogen-bond donors (Lipinski definition) is 0. The first-order chi connectivity index (χ1) is 8.70. The van der Waals surface area contributed by atoms with Crippen molar-refractivity contribution in [3.8, 4) is 5.75 Å². The first-order valence-electron chi connectivity index (χ1n) is 6.87. The zero-order valence-corrected chi connectivity index (χ0v) is 11.4. The van der Waals surface area contributed by atoms with Crippen molar-refractivity contribution in [3.05, 3.63) is 29.3 Å². The summed E-state index contributed by atoms with van der Waals surface area (Å²) in [5, 5.41) is 0. The summed E-state index contributed by atoms with van der Waals surface area (Å²) >= 11 is 0. The Kier molecular flexibility index (Phi) is 4.40. The number of ether oxygens (including phenoxy) is 1. The van der Waals surface area contributed by atoms with Gasteiger partial charge in [0.05, 0.1) is 7.11 Å². The highest BCUT2D eigenvalue weighted by Crippen LogP contribution is 2.27. The molecule has 98 valence electrons. The molecule has 1 aliphatic carbocycles. The Labute approximate surface area is 109 Å². The molecule has 0 aromatic heterocycles. The van der Waals surface area contributed by atoms with Crippen molar-refractivity contribution in [1.82, 2.24) is 0 Å². The highest BCUT2D eigenvalue weighted by molar-refractivity contribution is 5.81. The lowest BCUT2D eigenvalue weighted by molar-refractivity contribution is -0.124. The molecule has 0 heterocycles. The van der Waals surface area contributed by atoms with Crippen LogP contribution in [0, 0.1) is 12.8 Å². The third-order valence-corrected chi connectivity index (χ3v) is 3.88. The van der Waals surface area contributed by atoms with Gasteiger partial charge in [0.25, 0.3) is 0 Å². The molecule has 1 aromatic rings. The van der Waals surface area contributed by atoms with Gasteiger partial charge in [0.15, 0.2) is 0 Å². The van der Waals surface area contributed by atoms with Crippen LogP contribution in [0.3, 0.4) is 0 Å². The molecule has 1 atom stereocenters. The maximum atomic E-state index is 11.8. The molecule has 1 unspecified atom stereocenters. The van der Waals surface area contributed by atoms with Crippen molar-refractivity contribution in [2.75, 3.05) is 7.11 Å². The number of ketones is 1. The molecule has 0 spiro atoms. The second kappa shape index (κ2) is 6.03. The largest absolute Gasteiger partial charge is 0.496 e. The highest BCUT2D eigenvalue weighted by Gasteiger charge is 2.22. The van der Waals surface area contributed by atoms with Crippen molar-refractivity contribution in [2.45, 2.75) is 45.4 Å². The average molecular weight is 246 g/mol. The van der Waals surface area contributed by atoms with E-state index in [2.05, 4.69) is 19.1 Å². The predicted molar refractivity (Wildman–Crippen MR) is 73.0 cm³/mol. The van der Waals surface area contributed by atoms with Gasteiger partial charge in [-0.1, -0.05) is 24.1 Å². The van der Waals surface area contributed by atoms with E-state index >= 15 is 0 Å². The fourth-order valence-corrected chi connectivity index (χ4v) is 2.79. The molecule has 1 aromatic carbocycles. The second-order valence-corrected chi connectivity index (χ2v) is 5.26. The number of hydrogen-bond acceptors (Lipinski definition) is 2. The van der Waals surface area contributed by atoms with Crippen LogP contribution in [0.5, 0.6) is 5.75 Å². The predicted octanol–water partition coefficient (Wildman–Crippen LogP) is 3.70. The van der Waals surface area contributed by atoms with Crippen LogP contribution < -0.4 is 4.74 Å². The number of benzene rings is 1. The maximum Gasteiger partial charge on any atom is 0.135 e. The molecule has 0 saturated heterocycles. The Morgan fingerprint density at radius 1 is 1.33 bits per heavy atom. The molecule has 2 rings (SSSR count). The normalized spacial score (nSPS) is 19.9. The van der Waals surface area contributed by atoms with E-state index in [1.807, 2.05) is 6.07 Å². The standard InChI is InChI=1S/C16H22O2/c1-12-7-10-16(18-2)14(11-12)9-8-13-5-3-4-6-15(13)17/h7,10-11,13H,3-6,8-9H2,1-2H3. The summed E-state index contributed by atoms with van der Waals surface area (Å²) < 4.78 is 5.38. The Bertz CT molecular complexity index is 423. The number of rotatable bonds is 4. The Hall–Kier alpha value is -1.31. The van der Waals surface area contributed by atoms with Crippen LogP contribution in [0.15, 0.2) is 18.2 Å². The fourth-order valence-electron chi connectivity index (χ4n) is 2.79. The summed E-state index contributed by atoms with van der Waals surface area (Å²) in [6.45, 7) is 2.09. The van der Waals surface area contributed by atoms with E-state index in [0.717, 1.165) is 37.9 Å². The summed E-state index contributed by atoms with van der Waals surface area (Å²) in [6, 6.07) is 6.26. The van der Waals surface area contributed by atoms with Gasteiger partial charge in [0, 0.05) is 12.3 Å². The van der Waals surface area contributed by atoms with Gasteiger partial charge < -0.3 is 4.74 Å². The van der Waals surface area contributed by atoms with Crippen LogP contribution in [0.25, 0.3) is 0 Å². The number of methoxy groups -OCH3 is 1. The van der Waals surface area contributed by atoms with Crippen molar-refractivity contribution in [2.24, 2.45) is 5.92 Å². The maximum absolute atomic E-state index is 11.8. The molecule has 1 fully saturated rings. The number of Topliss-reactive ketones (excluding diaryl/α,β-unsaturated/α-hetero) is 1. The summed E-state index contributed by atoms with van der Waals surface area (Å²) in [6.07, 6.45) is 6.08. The lowest BCUT2D eigenvalue weighted by atomic mass is 9.84. The third kappa shape index (κ3) is 3.12. The monoisotopic (exact) mass is 246 g/mol. The number of aryl methyl sites for hydroxylation is 2. The molecule has 2 heteroatoms. The van der Waals surface area contributed by atoms with Gasteiger partial charge in [-0.25, -0.2) is 0 Å². The van der Waals surface area contributed by atoms with Gasteiger partial charge in [-0.2, -0.15) is 0 Å². The summed E-state index contributed by atoms with van der Waals surface area (Å²) in [4.78, 5) is 11.8. The highest BCUT2D eigenvalue weighted by atomic mass is 16.5. The first kappa shape index (κ1) is 13.1. The Morgan fingerprint density at radius 2 is 2.17 bits per heavy atom. The van der Waals surface area contributed by atoms with Gasteiger partial charge in [-0.05, 0) is 44.2 Å². The van der Waals surface area contributed by atoms with Crippen LogP contribution in [-0.4, -0.2) is 12.9 Å². The van der Waals surface area contributed by atoms with Gasteiger partial charge >= 0.3 is 0 Å². The summed E-state index contributed by atoms with van der Waals surface area (Å²) in [5.74, 6) is 1.70. The van der Waals surface area contributed by atoms with E-state index in [9.17, 15) is 4.79 Å². The summed E-state index contributed by atoms with van der Waals surface area (Å²) in [7, 11) is 1.71. The van der Waals surface area contributed by atoms with Crippen LogP contribution in [0.1, 0.15) is 43.2 Å². The van der Waals surface area contributed by atoms with E-state index in [4.69, 9.17) is 4.74 Å². The molecule has 0 aliphatic heterocycles. The van der Waals surface area contributed by atoms with E-state index in [0.29, 0.717) is 5.78 Å². The van der Waals surface area contributed by atoms with Gasteiger partial charge in [0.1, 0.15) is 11.5 Å². The SMILES string of the molecule is COc1ccc(C)cc1CCC1CCCCC1=O. The van der Waals surface area contributed by atoms with Crippen LogP contribution in [0.2, 0.25) is 0 Å². The van der Waals surface area contributed by atoms with Crippen LogP contribution >= 0.6 is 0 Å². The zero-order chi connectivity index (χ0) is 13.0. The van der Waals surface area contributed by atoms with Crippen molar-refractivity contribution in [1.29, 1.82) is 0 Å². The lowest BCUT2D eigenvalue weighted by Crippen LogP contribution is -2.19. The molecule has 0 N–H and O–H groups in total. The number of carbonyl (C=O) groups is 1. The molecular formula is C16H22O2. The van der Waals surface area contributed by atoms with Gasteiger partial charge in [-0.3, -0.25) is 4.79 Å². The number of carbonyl (C=O) groups excluding carboxylic acids is 1. The molecule has 18 heavy (non-hydrogen) atoms. The topological polar surface area (TPSA) is 26.3 Å². The quantitative estimate of drug-likeness (QED) is 0.809. The molecule has 0 bridgehead atoms. The zero-order valence-electron chi connectivity index (χ0n) is 11.4. The minimum Gasteiger partial charge on any atom is -0.496 e. The lowest BCUT2D eigenvalue weighted by Gasteiger charge is -2.20. The van der Waals surface area contributed by atoms with Crippen molar-refractivity contribution < 1.29 is 9.53 Å².